The maximum Gasteiger partial charge on any atom is 0.500 e. The van der Waals surface area contributed by atoms with E-state index in [0.29, 0.717) is 32.7 Å². The highest BCUT2D eigenvalue weighted by molar-refractivity contribution is 6.60. The quantitative estimate of drug-likeness (QED) is 0.0638. The fourth-order valence-electron chi connectivity index (χ4n) is 3.51. The fourth-order valence-corrected chi connectivity index (χ4v) is 6.42. The Kier molecular flexibility index (Phi) is 15.1. The minimum absolute atomic E-state index is 0.168. The van der Waals surface area contributed by atoms with E-state index in [-0.39, 0.29) is 6.42 Å². The SMILES string of the molecule is CCCO[Si](CCCCCCCCCc1c(F)c(F)c(F)c(F)c1F)(OCCC)OCCC. The molecule has 0 heterocycles. The van der Waals surface area contributed by atoms with Crippen molar-refractivity contribution in [3.63, 3.8) is 0 Å². The van der Waals surface area contributed by atoms with Crippen LogP contribution in [-0.2, 0) is 19.7 Å². The van der Waals surface area contributed by atoms with Gasteiger partial charge in [0.05, 0.1) is 0 Å². The number of rotatable bonds is 19. The van der Waals surface area contributed by atoms with Crippen molar-refractivity contribution in [1.82, 2.24) is 0 Å². The predicted octanol–water partition coefficient (Wildman–Crippen LogP) is 7.87. The van der Waals surface area contributed by atoms with E-state index in [1.807, 2.05) is 0 Å². The second-order valence-electron chi connectivity index (χ2n) is 8.25. The first-order valence-electron chi connectivity index (χ1n) is 12.3. The largest absolute Gasteiger partial charge is 0.500 e. The highest BCUT2D eigenvalue weighted by Crippen LogP contribution is 2.25. The lowest BCUT2D eigenvalue weighted by Crippen LogP contribution is -2.46. The Morgan fingerprint density at radius 2 is 0.879 bits per heavy atom. The van der Waals surface area contributed by atoms with E-state index >= 15 is 0 Å². The van der Waals surface area contributed by atoms with E-state index < -0.39 is 43.5 Å². The summed E-state index contributed by atoms with van der Waals surface area (Å²) in [5, 5.41) is 0. The lowest BCUT2D eigenvalue weighted by molar-refractivity contribution is 0.0586. The van der Waals surface area contributed by atoms with Gasteiger partial charge in [0, 0.05) is 31.4 Å². The Hall–Kier alpha value is -1.03. The molecule has 1 aromatic rings. The number of hydrogen-bond donors (Lipinski definition) is 0. The summed E-state index contributed by atoms with van der Waals surface area (Å²) in [5.41, 5.74) is -0.723. The van der Waals surface area contributed by atoms with Crippen LogP contribution in [0.3, 0.4) is 0 Å². The van der Waals surface area contributed by atoms with Crippen molar-refractivity contribution in [3.05, 3.63) is 34.6 Å². The molecular weight excluding hydrogens is 459 g/mol. The molecule has 0 fully saturated rings. The van der Waals surface area contributed by atoms with Crippen LogP contribution in [0.2, 0.25) is 6.04 Å². The minimum atomic E-state index is -2.66. The Bertz CT molecular complexity index is 640. The maximum absolute atomic E-state index is 13.7. The van der Waals surface area contributed by atoms with Crippen LogP contribution in [0.5, 0.6) is 0 Å². The van der Waals surface area contributed by atoms with Crippen LogP contribution in [0.15, 0.2) is 0 Å². The normalized spacial score (nSPS) is 12.0. The van der Waals surface area contributed by atoms with E-state index in [9.17, 15) is 22.0 Å². The average Bonchev–Trinajstić information content (AvgIpc) is 2.82. The van der Waals surface area contributed by atoms with Gasteiger partial charge in [0.2, 0.25) is 5.82 Å². The lowest BCUT2D eigenvalue weighted by atomic mass is 10.0. The molecule has 0 amide bonds. The molecule has 1 rings (SSSR count). The molecule has 0 radical (unpaired) electrons. The Balaban J connectivity index is 2.36. The molecule has 0 aromatic heterocycles. The third-order valence-corrected chi connectivity index (χ3v) is 8.19. The second-order valence-corrected chi connectivity index (χ2v) is 11.0. The first kappa shape index (κ1) is 30.0. The van der Waals surface area contributed by atoms with Crippen molar-refractivity contribution in [2.24, 2.45) is 0 Å². The van der Waals surface area contributed by atoms with Crippen LogP contribution >= 0.6 is 0 Å². The molecule has 0 unspecified atom stereocenters. The van der Waals surface area contributed by atoms with Crippen molar-refractivity contribution in [2.75, 3.05) is 19.8 Å². The first-order valence-corrected chi connectivity index (χ1v) is 14.2. The summed E-state index contributed by atoms with van der Waals surface area (Å²) in [6, 6.07) is 0.785. The molecule has 0 saturated heterocycles. The van der Waals surface area contributed by atoms with Crippen LogP contribution < -0.4 is 0 Å². The van der Waals surface area contributed by atoms with Crippen molar-refractivity contribution in [2.45, 2.75) is 97.4 Å². The lowest BCUT2D eigenvalue weighted by Gasteiger charge is -2.29. The van der Waals surface area contributed by atoms with Gasteiger partial charge in [-0.15, -0.1) is 0 Å². The van der Waals surface area contributed by atoms with Gasteiger partial charge in [-0.05, 0) is 38.5 Å². The van der Waals surface area contributed by atoms with E-state index in [4.69, 9.17) is 13.3 Å². The molecule has 0 aliphatic rings. The maximum atomic E-state index is 13.7. The van der Waals surface area contributed by atoms with Gasteiger partial charge in [-0.25, -0.2) is 22.0 Å². The smallest absolute Gasteiger partial charge is 0.373 e. The Morgan fingerprint density at radius 3 is 1.30 bits per heavy atom. The van der Waals surface area contributed by atoms with E-state index in [0.717, 1.165) is 57.4 Å². The van der Waals surface area contributed by atoms with Gasteiger partial charge in [-0.2, -0.15) is 0 Å². The molecule has 0 atom stereocenters. The summed E-state index contributed by atoms with van der Waals surface area (Å²) in [7, 11) is -2.66. The van der Waals surface area contributed by atoms with Gasteiger partial charge >= 0.3 is 8.80 Å². The summed E-state index contributed by atoms with van der Waals surface area (Å²) in [4.78, 5) is 0. The topological polar surface area (TPSA) is 27.7 Å². The van der Waals surface area contributed by atoms with E-state index in [2.05, 4.69) is 20.8 Å². The predicted molar refractivity (Wildman–Crippen MR) is 122 cm³/mol. The van der Waals surface area contributed by atoms with Crippen LogP contribution in [0, 0.1) is 29.1 Å². The summed E-state index contributed by atoms with van der Waals surface area (Å²) in [6.45, 7) is 8.06. The summed E-state index contributed by atoms with van der Waals surface area (Å²) < 4.78 is 85.3. The van der Waals surface area contributed by atoms with Crippen molar-refractivity contribution in [3.8, 4) is 0 Å². The summed E-state index contributed by atoms with van der Waals surface area (Å²) >= 11 is 0. The highest BCUT2D eigenvalue weighted by atomic mass is 28.4. The zero-order valence-electron chi connectivity index (χ0n) is 20.2. The van der Waals surface area contributed by atoms with Gasteiger partial charge in [0.1, 0.15) is 0 Å². The van der Waals surface area contributed by atoms with Gasteiger partial charge < -0.3 is 13.3 Å². The minimum Gasteiger partial charge on any atom is -0.373 e. The molecule has 0 N–H and O–H groups in total. The Labute approximate surface area is 196 Å². The van der Waals surface area contributed by atoms with E-state index in [1.165, 1.54) is 0 Å². The third-order valence-electron chi connectivity index (χ3n) is 5.29. The summed E-state index contributed by atoms with van der Waals surface area (Å²) in [5.74, 6) is -9.31. The second kappa shape index (κ2) is 16.6. The number of benzene rings is 1. The zero-order chi connectivity index (χ0) is 24.7. The first-order chi connectivity index (χ1) is 15.8. The van der Waals surface area contributed by atoms with Crippen molar-refractivity contribution >= 4 is 8.80 Å². The monoisotopic (exact) mass is 498 g/mol. The fraction of sp³-hybridized carbons (Fsp3) is 0.750. The molecule has 192 valence electrons. The van der Waals surface area contributed by atoms with Crippen LogP contribution in [0.1, 0.15) is 90.5 Å². The average molecular weight is 499 g/mol. The third kappa shape index (κ3) is 10.0. The van der Waals surface area contributed by atoms with Gasteiger partial charge in [0.25, 0.3) is 0 Å². The zero-order valence-corrected chi connectivity index (χ0v) is 21.2. The molecule has 3 nitrogen and oxygen atoms in total. The van der Waals surface area contributed by atoms with Crippen LogP contribution in [0.4, 0.5) is 22.0 Å². The van der Waals surface area contributed by atoms with E-state index in [1.54, 1.807) is 0 Å². The number of hydrogen-bond acceptors (Lipinski definition) is 3. The molecule has 0 spiro atoms. The molecular formula is C24H39F5O3Si. The Morgan fingerprint density at radius 1 is 0.515 bits per heavy atom. The number of halogens is 5. The van der Waals surface area contributed by atoms with Gasteiger partial charge in [-0.1, -0.05) is 52.9 Å². The van der Waals surface area contributed by atoms with Crippen molar-refractivity contribution < 1.29 is 35.2 Å². The molecule has 33 heavy (non-hydrogen) atoms. The summed E-state index contributed by atoms with van der Waals surface area (Å²) in [6.07, 6.45) is 8.28. The van der Waals surface area contributed by atoms with Gasteiger partial charge in [-0.3, -0.25) is 0 Å². The molecule has 9 heteroatoms. The van der Waals surface area contributed by atoms with Crippen LogP contribution in [-0.4, -0.2) is 28.6 Å². The van der Waals surface area contributed by atoms with Crippen LogP contribution in [0.25, 0.3) is 0 Å². The highest BCUT2D eigenvalue weighted by Gasteiger charge is 2.40. The van der Waals surface area contributed by atoms with Crippen molar-refractivity contribution in [1.29, 1.82) is 0 Å². The molecule has 0 aliphatic carbocycles. The molecule has 1 aromatic carbocycles. The number of unbranched alkanes of at least 4 members (excludes halogenated alkanes) is 6. The molecule has 0 bridgehead atoms. The molecule has 0 saturated carbocycles. The standard InChI is InChI=1S/C24H39F5O3Si/c1-4-15-30-33(31-16-5-2,32-17-6-3)18-13-11-9-7-8-10-12-14-19-20(25)22(27)24(29)23(28)21(19)26/h4-18H2,1-3H3. The van der Waals surface area contributed by atoms with Gasteiger partial charge in [0.15, 0.2) is 23.3 Å². The molecule has 0 aliphatic heterocycles.